The molecule has 0 aromatic carbocycles. The van der Waals surface area contributed by atoms with Crippen LogP contribution >= 0.6 is 35.3 Å². The number of carbonyl (C=O) groups is 1. The van der Waals surface area contributed by atoms with Gasteiger partial charge in [0.25, 0.3) is 0 Å². The fourth-order valence-corrected chi connectivity index (χ4v) is 2.05. The Balaban J connectivity index is 0.00000112. The second-order valence-electron chi connectivity index (χ2n) is 2.53. The van der Waals surface area contributed by atoms with Crippen LogP contribution < -0.4 is 0 Å². The fraction of sp³-hybridized carbons (Fsp3) is 0.143. The Hall–Kier alpha value is -0.980. The number of halogens is 2. The molecule has 0 atom stereocenters. The molecule has 0 bridgehead atoms. The van der Waals surface area contributed by atoms with E-state index in [0.29, 0.717) is 10.3 Å². The molecule has 0 radical (unpaired) electrons. The molecule has 15 heavy (non-hydrogen) atoms. The van der Waals surface area contributed by atoms with E-state index in [4.69, 9.17) is 16.7 Å². The monoisotopic (exact) mass is 265 g/mol. The highest BCUT2D eigenvalue weighted by Gasteiger charge is 2.16. The third kappa shape index (κ3) is 2.17. The number of carboxylic acids is 1. The summed E-state index contributed by atoms with van der Waals surface area (Å²) in [6.07, 6.45) is 0. The van der Waals surface area contributed by atoms with Crippen molar-refractivity contribution in [3.05, 3.63) is 16.0 Å². The van der Waals surface area contributed by atoms with E-state index in [1.165, 1.54) is 11.3 Å². The number of rotatable bonds is 1. The number of hydrogen-bond acceptors (Lipinski definition) is 5. The zero-order valence-electron chi connectivity index (χ0n) is 7.39. The molecule has 1 N–H and O–H groups in total. The molecule has 0 unspecified atom stereocenters. The van der Waals surface area contributed by atoms with Crippen molar-refractivity contribution in [3.8, 4) is 0 Å². The zero-order valence-corrected chi connectivity index (χ0v) is 9.78. The van der Waals surface area contributed by atoms with Gasteiger partial charge in [0, 0.05) is 0 Å². The van der Waals surface area contributed by atoms with Crippen LogP contribution in [-0.2, 0) is 0 Å². The summed E-state index contributed by atoms with van der Waals surface area (Å²) in [7, 11) is 0. The van der Waals surface area contributed by atoms with Gasteiger partial charge >= 0.3 is 5.97 Å². The van der Waals surface area contributed by atoms with Gasteiger partial charge in [-0.25, -0.2) is 14.8 Å². The number of carboxylic acid groups (broad SMARTS) is 1. The number of hydrogen-bond donors (Lipinski definition) is 1. The lowest BCUT2D eigenvalue weighted by atomic mass is 10.4. The maximum atomic E-state index is 10.8. The smallest absolute Gasteiger partial charge is 0.356 e. The van der Waals surface area contributed by atoms with Gasteiger partial charge in [0.1, 0.15) is 4.70 Å². The average molecular weight is 266 g/mol. The third-order valence-corrected chi connectivity index (χ3v) is 2.67. The van der Waals surface area contributed by atoms with E-state index >= 15 is 0 Å². The number of nitrogens with zero attached hydrogens (tertiary/aromatic N) is 3. The number of fused-ring (bicyclic) bond motifs is 1. The standard InChI is InChI=1S/C7H4ClN3O2S.ClH/c1-2-9-5-4(14-2)3(6(12)13)10-7(8)11-5;/h1H3,(H,12,13);1H. The van der Waals surface area contributed by atoms with Crippen LogP contribution in [0.25, 0.3) is 10.3 Å². The first-order chi connectivity index (χ1) is 6.58. The van der Waals surface area contributed by atoms with Crippen LogP contribution in [0.2, 0.25) is 5.28 Å². The predicted molar refractivity (Wildman–Crippen MR) is 59.2 cm³/mol. The number of thiazole rings is 1. The van der Waals surface area contributed by atoms with E-state index < -0.39 is 5.97 Å². The lowest BCUT2D eigenvalue weighted by Crippen LogP contribution is -2.01. The molecule has 0 aliphatic rings. The van der Waals surface area contributed by atoms with Crippen LogP contribution in [0.5, 0.6) is 0 Å². The van der Waals surface area contributed by atoms with Crippen LogP contribution in [-0.4, -0.2) is 26.0 Å². The molecule has 0 saturated carbocycles. The lowest BCUT2D eigenvalue weighted by Gasteiger charge is -1.94. The molecular formula is C7H5Cl2N3O2S. The Morgan fingerprint density at radius 2 is 2.07 bits per heavy atom. The first-order valence-electron chi connectivity index (χ1n) is 3.62. The topological polar surface area (TPSA) is 76.0 Å². The largest absolute Gasteiger partial charge is 0.476 e. The average Bonchev–Trinajstić information content (AvgIpc) is 2.42. The molecule has 2 aromatic heterocycles. The summed E-state index contributed by atoms with van der Waals surface area (Å²) in [6, 6.07) is 0. The molecule has 2 aromatic rings. The minimum Gasteiger partial charge on any atom is -0.476 e. The highest BCUT2D eigenvalue weighted by Crippen LogP contribution is 2.24. The summed E-state index contributed by atoms with van der Waals surface area (Å²) in [5.41, 5.74) is 0.246. The van der Waals surface area contributed by atoms with E-state index in [-0.39, 0.29) is 23.4 Å². The number of aromatic carboxylic acids is 1. The summed E-state index contributed by atoms with van der Waals surface area (Å²) >= 11 is 6.80. The SMILES string of the molecule is Cc1nc2nc(Cl)nc(C(=O)O)c2s1.Cl. The maximum absolute atomic E-state index is 10.8. The summed E-state index contributed by atoms with van der Waals surface area (Å²) in [4.78, 5) is 22.3. The van der Waals surface area contributed by atoms with Gasteiger partial charge in [-0.1, -0.05) is 0 Å². The van der Waals surface area contributed by atoms with Gasteiger partial charge in [-0.2, -0.15) is 4.98 Å². The minimum absolute atomic E-state index is 0. The molecule has 0 aliphatic carbocycles. The summed E-state index contributed by atoms with van der Waals surface area (Å²) < 4.78 is 0.458. The van der Waals surface area contributed by atoms with Crippen molar-refractivity contribution in [1.29, 1.82) is 0 Å². The molecule has 8 heteroatoms. The van der Waals surface area contributed by atoms with Crippen molar-refractivity contribution in [2.75, 3.05) is 0 Å². The first-order valence-corrected chi connectivity index (χ1v) is 4.81. The predicted octanol–water partition coefficient (Wildman–Crippen LogP) is 2.17. The van der Waals surface area contributed by atoms with Gasteiger partial charge in [-0.05, 0) is 18.5 Å². The molecule has 5 nitrogen and oxygen atoms in total. The highest BCUT2D eigenvalue weighted by atomic mass is 35.5. The zero-order chi connectivity index (χ0) is 10.3. The molecule has 0 amide bonds. The second-order valence-corrected chi connectivity index (χ2v) is 4.07. The quantitative estimate of drug-likeness (QED) is 0.800. The number of aryl methyl sites for hydroxylation is 1. The Bertz CT molecular complexity index is 528. The summed E-state index contributed by atoms with van der Waals surface area (Å²) in [6.45, 7) is 1.77. The normalized spacial score (nSPS) is 10.0. The Morgan fingerprint density at radius 1 is 1.40 bits per heavy atom. The van der Waals surface area contributed by atoms with Gasteiger partial charge in [0.2, 0.25) is 5.28 Å². The van der Waals surface area contributed by atoms with Crippen LogP contribution in [0.1, 0.15) is 15.5 Å². The van der Waals surface area contributed by atoms with Gasteiger partial charge in [0.05, 0.1) is 5.01 Å². The van der Waals surface area contributed by atoms with Crippen molar-refractivity contribution < 1.29 is 9.90 Å². The van der Waals surface area contributed by atoms with Crippen LogP contribution in [0.3, 0.4) is 0 Å². The van der Waals surface area contributed by atoms with E-state index in [0.717, 1.165) is 5.01 Å². The van der Waals surface area contributed by atoms with Crippen molar-refractivity contribution >= 4 is 51.7 Å². The molecule has 80 valence electrons. The second kappa shape index (κ2) is 4.26. The van der Waals surface area contributed by atoms with Gasteiger partial charge < -0.3 is 5.11 Å². The highest BCUT2D eigenvalue weighted by molar-refractivity contribution is 7.18. The van der Waals surface area contributed by atoms with Crippen molar-refractivity contribution in [2.24, 2.45) is 0 Å². The Labute approximate surface area is 99.6 Å². The van der Waals surface area contributed by atoms with E-state index in [2.05, 4.69) is 15.0 Å². The molecule has 0 aliphatic heterocycles. The van der Waals surface area contributed by atoms with Crippen molar-refractivity contribution in [3.63, 3.8) is 0 Å². The van der Waals surface area contributed by atoms with Gasteiger partial charge in [-0.3, -0.25) is 0 Å². The van der Waals surface area contributed by atoms with E-state index in [1.54, 1.807) is 6.92 Å². The van der Waals surface area contributed by atoms with Crippen molar-refractivity contribution in [1.82, 2.24) is 15.0 Å². The van der Waals surface area contributed by atoms with Gasteiger partial charge in [0.15, 0.2) is 11.3 Å². The lowest BCUT2D eigenvalue weighted by molar-refractivity contribution is 0.0693. The molecule has 0 fully saturated rings. The summed E-state index contributed by atoms with van der Waals surface area (Å²) in [5, 5.41) is 9.48. The van der Waals surface area contributed by atoms with Gasteiger partial charge in [-0.15, -0.1) is 23.7 Å². The molecule has 2 heterocycles. The maximum Gasteiger partial charge on any atom is 0.356 e. The summed E-state index contributed by atoms with van der Waals surface area (Å²) in [5.74, 6) is -1.12. The molecule has 2 rings (SSSR count). The minimum atomic E-state index is -1.12. The molecule has 0 saturated heterocycles. The van der Waals surface area contributed by atoms with E-state index in [9.17, 15) is 4.79 Å². The fourth-order valence-electron chi connectivity index (χ4n) is 1.05. The van der Waals surface area contributed by atoms with Crippen LogP contribution in [0.15, 0.2) is 0 Å². The Kier molecular flexibility index (Phi) is 3.43. The Morgan fingerprint density at radius 3 is 2.67 bits per heavy atom. The van der Waals surface area contributed by atoms with E-state index in [1.807, 2.05) is 0 Å². The van der Waals surface area contributed by atoms with Crippen LogP contribution in [0.4, 0.5) is 0 Å². The third-order valence-electron chi connectivity index (χ3n) is 1.54. The van der Waals surface area contributed by atoms with Crippen LogP contribution in [0, 0.1) is 6.92 Å². The number of aromatic nitrogens is 3. The van der Waals surface area contributed by atoms with Crippen molar-refractivity contribution in [2.45, 2.75) is 6.92 Å². The first kappa shape index (κ1) is 12.1. The molecular weight excluding hydrogens is 261 g/mol. The molecule has 0 spiro atoms.